The summed E-state index contributed by atoms with van der Waals surface area (Å²) in [6.07, 6.45) is 0. The van der Waals surface area contributed by atoms with Gasteiger partial charge in [-0.3, -0.25) is 9.59 Å². The molecule has 1 aliphatic rings. The molecule has 1 aromatic heterocycles. The maximum Gasteiger partial charge on any atom is 0.252 e. The number of carbonyl (C=O) groups is 2. The first-order valence-electron chi connectivity index (χ1n) is 9.54. The van der Waals surface area contributed by atoms with Gasteiger partial charge in [-0.2, -0.15) is 0 Å². The third-order valence-electron chi connectivity index (χ3n) is 5.16. The molecule has 1 amide bonds. The number of aromatic nitrogens is 1. The molecule has 4 rings (SSSR count). The lowest BCUT2D eigenvalue weighted by molar-refractivity contribution is 0.0911. The van der Waals surface area contributed by atoms with Crippen molar-refractivity contribution in [3.63, 3.8) is 0 Å². The molecule has 0 fully saturated rings. The molecule has 0 saturated heterocycles. The number of ketones is 1. The van der Waals surface area contributed by atoms with Crippen molar-refractivity contribution in [3.8, 4) is 17.2 Å². The third-order valence-corrected chi connectivity index (χ3v) is 5.16. The molecule has 0 radical (unpaired) electrons. The van der Waals surface area contributed by atoms with Gasteiger partial charge in [0.25, 0.3) is 5.91 Å². The highest BCUT2D eigenvalue weighted by atomic mass is 16.7. The number of benzene rings is 2. The van der Waals surface area contributed by atoms with Crippen LogP contribution in [-0.2, 0) is 6.54 Å². The van der Waals surface area contributed by atoms with Crippen molar-refractivity contribution in [1.29, 1.82) is 0 Å². The number of primary amides is 1. The Morgan fingerprint density at radius 2 is 1.80 bits per heavy atom. The lowest BCUT2D eigenvalue weighted by atomic mass is 10.1. The van der Waals surface area contributed by atoms with E-state index in [9.17, 15) is 9.59 Å². The summed E-state index contributed by atoms with van der Waals surface area (Å²) in [5, 5.41) is 0. The van der Waals surface area contributed by atoms with Gasteiger partial charge in [0.2, 0.25) is 12.6 Å². The highest BCUT2D eigenvalue weighted by Gasteiger charge is 2.19. The van der Waals surface area contributed by atoms with Crippen LogP contribution in [0, 0.1) is 13.8 Å². The van der Waals surface area contributed by atoms with Crippen LogP contribution in [0.15, 0.2) is 48.5 Å². The van der Waals surface area contributed by atoms with Gasteiger partial charge in [-0.05, 0) is 49.7 Å². The monoisotopic (exact) mass is 406 g/mol. The van der Waals surface area contributed by atoms with Gasteiger partial charge >= 0.3 is 0 Å². The molecular weight excluding hydrogens is 384 g/mol. The SMILES string of the molecule is Cc1cc(C(=O)COc2ccccc2C(N)=O)c(C)n1Cc1ccc2c(c1)OCO2. The zero-order chi connectivity index (χ0) is 21.3. The number of carbonyl (C=O) groups excluding carboxylic acids is 2. The van der Waals surface area contributed by atoms with Crippen LogP contribution in [0.5, 0.6) is 17.2 Å². The molecule has 7 heteroatoms. The Labute approximate surface area is 174 Å². The summed E-state index contributed by atoms with van der Waals surface area (Å²) in [4.78, 5) is 24.3. The van der Waals surface area contributed by atoms with Gasteiger partial charge in [-0.1, -0.05) is 18.2 Å². The molecule has 0 atom stereocenters. The molecule has 0 unspecified atom stereocenters. The minimum Gasteiger partial charge on any atom is -0.485 e. The molecule has 0 saturated carbocycles. The Morgan fingerprint density at radius 3 is 2.60 bits per heavy atom. The number of hydrogen-bond donors (Lipinski definition) is 1. The van der Waals surface area contributed by atoms with E-state index in [0.29, 0.717) is 17.9 Å². The number of Topliss-reactive ketones (excluding diaryl/α,β-unsaturated/α-hetero) is 1. The van der Waals surface area contributed by atoms with E-state index in [1.54, 1.807) is 24.3 Å². The van der Waals surface area contributed by atoms with E-state index >= 15 is 0 Å². The van der Waals surface area contributed by atoms with Crippen molar-refractivity contribution in [1.82, 2.24) is 4.57 Å². The van der Waals surface area contributed by atoms with E-state index in [-0.39, 0.29) is 24.7 Å². The Hall–Kier alpha value is -3.74. The van der Waals surface area contributed by atoms with Crippen LogP contribution < -0.4 is 19.9 Å². The molecule has 7 nitrogen and oxygen atoms in total. The van der Waals surface area contributed by atoms with Crippen LogP contribution >= 0.6 is 0 Å². The summed E-state index contributed by atoms with van der Waals surface area (Å²) >= 11 is 0. The second-order valence-corrected chi connectivity index (χ2v) is 7.13. The van der Waals surface area contributed by atoms with E-state index in [4.69, 9.17) is 19.9 Å². The first-order chi connectivity index (χ1) is 14.4. The molecular formula is C23H22N2O5. The number of nitrogens with zero attached hydrogens (tertiary/aromatic N) is 1. The molecule has 154 valence electrons. The molecule has 2 heterocycles. The Kier molecular flexibility index (Phi) is 5.18. The number of rotatable bonds is 7. The first kappa shape index (κ1) is 19.6. The number of amides is 1. The summed E-state index contributed by atoms with van der Waals surface area (Å²) < 4.78 is 18.5. The summed E-state index contributed by atoms with van der Waals surface area (Å²) in [6, 6.07) is 14.3. The van der Waals surface area contributed by atoms with Crippen molar-refractivity contribution in [2.45, 2.75) is 20.4 Å². The fourth-order valence-electron chi connectivity index (χ4n) is 3.57. The molecule has 0 aliphatic carbocycles. The minimum atomic E-state index is -0.597. The Balaban J connectivity index is 1.50. The normalized spacial score (nSPS) is 12.1. The first-order valence-corrected chi connectivity index (χ1v) is 9.54. The highest BCUT2D eigenvalue weighted by molar-refractivity contribution is 5.99. The van der Waals surface area contributed by atoms with E-state index < -0.39 is 5.91 Å². The van der Waals surface area contributed by atoms with Gasteiger partial charge in [-0.15, -0.1) is 0 Å². The van der Waals surface area contributed by atoms with E-state index in [1.807, 2.05) is 38.1 Å². The lowest BCUT2D eigenvalue weighted by Gasteiger charge is -2.11. The molecule has 3 aromatic rings. The second kappa shape index (κ2) is 7.94. The summed E-state index contributed by atoms with van der Waals surface area (Å²) in [7, 11) is 0. The van der Waals surface area contributed by atoms with Gasteiger partial charge in [0, 0.05) is 23.5 Å². The van der Waals surface area contributed by atoms with Gasteiger partial charge in [0.05, 0.1) is 5.56 Å². The van der Waals surface area contributed by atoms with E-state index in [1.165, 1.54) is 0 Å². The number of para-hydroxylation sites is 1. The molecule has 30 heavy (non-hydrogen) atoms. The van der Waals surface area contributed by atoms with E-state index in [2.05, 4.69) is 4.57 Å². The average molecular weight is 406 g/mol. The average Bonchev–Trinajstić information content (AvgIpc) is 3.31. The zero-order valence-corrected chi connectivity index (χ0v) is 16.8. The smallest absolute Gasteiger partial charge is 0.252 e. The largest absolute Gasteiger partial charge is 0.485 e. The fourth-order valence-corrected chi connectivity index (χ4v) is 3.57. The van der Waals surface area contributed by atoms with Crippen molar-refractivity contribution >= 4 is 11.7 Å². The van der Waals surface area contributed by atoms with Gasteiger partial charge in [0.1, 0.15) is 5.75 Å². The second-order valence-electron chi connectivity index (χ2n) is 7.13. The molecule has 1 aliphatic heterocycles. The molecule has 0 bridgehead atoms. The topological polar surface area (TPSA) is 92.8 Å². The lowest BCUT2D eigenvalue weighted by Crippen LogP contribution is -2.17. The van der Waals surface area contributed by atoms with Crippen LogP contribution in [0.25, 0.3) is 0 Å². The van der Waals surface area contributed by atoms with Crippen LogP contribution in [0.1, 0.15) is 37.7 Å². The van der Waals surface area contributed by atoms with Crippen LogP contribution in [0.2, 0.25) is 0 Å². The van der Waals surface area contributed by atoms with Crippen LogP contribution in [-0.4, -0.2) is 29.7 Å². The summed E-state index contributed by atoms with van der Waals surface area (Å²) in [5.41, 5.74) is 9.06. The maximum atomic E-state index is 12.8. The summed E-state index contributed by atoms with van der Waals surface area (Å²) in [6.45, 7) is 4.52. The molecule has 0 spiro atoms. The summed E-state index contributed by atoms with van der Waals surface area (Å²) in [5.74, 6) is 1.00. The van der Waals surface area contributed by atoms with Crippen molar-refractivity contribution < 1.29 is 23.8 Å². The molecule has 2 aromatic carbocycles. The van der Waals surface area contributed by atoms with Gasteiger partial charge in [-0.25, -0.2) is 0 Å². The Morgan fingerprint density at radius 1 is 1.03 bits per heavy atom. The van der Waals surface area contributed by atoms with Crippen molar-refractivity contribution in [3.05, 3.63) is 76.6 Å². The van der Waals surface area contributed by atoms with Crippen molar-refractivity contribution in [2.75, 3.05) is 13.4 Å². The number of ether oxygens (including phenoxy) is 3. The quantitative estimate of drug-likeness (QED) is 0.608. The number of hydrogen-bond acceptors (Lipinski definition) is 5. The molecule has 2 N–H and O–H groups in total. The number of nitrogens with two attached hydrogens (primary N) is 1. The van der Waals surface area contributed by atoms with Gasteiger partial charge in [0.15, 0.2) is 18.1 Å². The van der Waals surface area contributed by atoms with Gasteiger partial charge < -0.3 is 24.5 Å². The maximum absolute atomic E-state index is 12.8. The highest BCUT2D eigenvalue weighted by Crippen LogP contribution is 2.33. The number of fused-ring (bicyclic) bond motifs is 1. The zero-order valence-electron chi connectivity index (χ0n) is 16.8. The predicted molar refractivity (Wildman–Crippen MR) is 110 cm³/mol. The Bertz CT molecular complexity index is 1130. The number of aryl methyl sites for hydroxylation is 1. The third kappa shape index (κ3) is 3.74. The predicted octanol–water partition coefficient (Wildman–Crippen LogP) is 3.24. The minimum absolute atomic E-state index is 0.167. The van der Waals surface area contributed by atoms with Crippen LogP contribution in [0.4, 0.5) is 0 Å². The van der Waals surface area contributed by atoms with E-state index in [0.717, 1.165) is 28.5 Å². The fraction of sp³-hybridized carbons (Fsp3) is 0.217. The van der Waals surface area contributed by atoms with Crippen LogP contribution in [0.3, 0.4) is 0 Å². The van der Waals surface area contributed by atoms with Crippen molar-refractivity contribution in [2.24, 2.45) is 5.73 Å². The standard InChI is InChI=1S/C23H22N2O5/c1-14-9-18(19(26)12-28-20-6-4-3-5-17(20)23(24)27)15(2)25(14)11-16-7-8-21-22(10-16)30-13-29-21/h3-10H,11-13H2,1-2H3,(H2,24,27).